The summed E-state index contributed by atoms with van der Waals surface area (Å²) < 4.78 is 5.42. The predicted octanol–water partition coefficient (Wildman–Crippen LogP) is 0.455. The summed E-state index contributed by atoms with van der Waals surface area (Å²) in [6.07, 6.45) is 0.277. The maximum absolute atomic E-state index is 8.72. The molecular weight excluding hydrogens is 178 g/mol. The van der Waals surface area contributed by atoms with Crippen molar-refractivity contribution in [2.45, 2.75) is 26.0 Å². The predicted molar refractivity (Wildman–Crippen MR) is 57.0 cm³/mol. The summed E-state index contributed by atoms with van der Waals surface area (Å²) in [4.78, 5) is 2.09. The highest BCUT2D eigenvalue weighted by molar-refractivity contribution is 4.90. The zero-order chi connectivity index (χ0) is 11.0. The van der Waals surface area contributed by atoms with Gasteiger partial charge in [-0.1, -0.05) is 0 Å². The van der Waals surface area contributed by atoms with E-state index in [1.807, 2.05) is 20.9 Å². The van der Waals surface area contributed by atoms with Crippen LogP contribution in [0.25, 0.3) is 0 Å². The van der Waals surface area contributed by atoms with Gasteiger partial charge in [-0.15, -0.1) is 0 Å². The third kappa shape index (κ3) is 6.84. The van der Waals surface area contributed by atoms with Gasteiger partial charge in [-0.2, -0.15) is 5.26 Å². The van der Waals surface area contributed by atoms with Crippen LogP contribution in [0.4, 0.5) is 0 Å². The lowest BCUT2D eigenvalue weighted by atomic mass is 10.3. The fourth-order valence-electron chi connectivity index (χ4n) is 1.04. The van der Waals surface area contributed by atoms with Crippen molar-refractivity contribution in [2.75, 3.05) is 33.8 Å². The Morgan fingerprint density at radius 2 is 2.14 bits per heavy atom. The summed E-state index contributed by atoms with van der Waals surface area (Å²) >= 11 is 0. The fourth-order valence-corrected chi connectivity index (χ4v) is 1.04. The van der Waals surface area contributed by atoms with Gasteiger partial charge in [0.15, 0.2) is 0 Å². The molecule has 0 saturated heterocycles. The Labute approximate surface area is 86.8 Å². The Kier molecular flexibility index (Phi) is 7.40. The molecule has 0 radical (unpaired) electrons. The van der Waals surface area contributed by atoms with Crippen molar-refractivity contribution in [3.05, 3.63) is 0 Å². The summed E-state index contributed by atoms with van der Waals surface area (Å²) in [5, 5.41) is 11.7. The van der Waals surface area contributed by atoms with E-state index in [9.17, 15) is 0 Å². The van der Waals surface area contributed by atoms with Crippen LogP contribution in [-0.4, -0.2) is 50.8 Å². The smallest absolute Gasteiger partial charge is 0.108 e. The maximum atomic E-state index is 8.72. The van der Waals surface area contributed by atoms with Crippen molar-refractivity contribution in [2.24, 2.45) is 0 Å². The van der Waals surface area contributed by atoms with Crippen molar-refractivity contribution in [1.82, 2.24) is 10.2 Å². The maximum Gasteiger partial charge on any atom is 0.108 e. The van der Waals surface area contributed by atoms with Gasteiger partial charge in [0.1, 0.15) is 6.04 Å². The average molecular weight is 199 g/mol. The second-order valence-electron chi connectivity index (χ2n) is 3.65. The number of hydrogen-bond acceptors (Lipinski definition) is 4. The lowest BCUT2D eigenvalue weighted by Gasteiger charge is -2.19. The summed E-state index contributed by atoms with van der Waals surface area (Å²) in [7, 11) is 3.79. The second-order valence-corrected chi connectivity index (χ2v) is 3.65. The summed E-state index contributed by atoms with van der Waals surface area (Å²) in [6, 6.07) is 2.09. The Hall–Kier alpha value is -0.630. The van der Waals surface area contributed by atoms with Gasteiger partial charge < -0.3 is 15.0 Å². The van der Waals surface area contributed by atoms with Crippen molar-refractivity contribution >= 4 is 0 Å². The third-order valence-corrected chi connectivity index (χ3v) is 1.92. The Balaban J connectivity index is 3.55. The van der Waals surface area contributed by atoms with E-state index in [0.29, 0.717) is 0 Å². The number of hydrogen-bond donors (Lipinski definition) is 1. The molecular formula is C10H21N3O. The molecule has 0 aliphatic rings. The molecule has 14 heavy (non-hydrogen) atoms. The van der Waals surface area contributed by atoms with Crippen LogP contribution in [0.15, 0.2) is 0 Å². The Morgan fingerprint density at radius 3 is 2.57 bits per heavy atom. The molecule has 0 aliphatic carbocycles. The normalized spacial score (nSPS) is 13.2. The number of likely N-dealkylation sites (N-methyl/N-ethyl adjacent to an activating group) is 2. The lowest BCUT2D eigenvalue weighted by molar-refractivity contribution is 0.0633. The first kappa shape index (κ1) is 13.4. The number of nitriles is 1. The van der Waals surface area contributed by atoms with Crippen molar-refractivity contribution in [3.63, 3.8) is 0 Å². The first-order chi connectivity index (χ1) is 6.60. The molecule has 0 aromatic carbocycles. The zero-order valence-electron chi connectivity index (χ0n) is 9.58. The molecule has 1 unspecified atom stereocenters. The largest absolute Gasteiger partial charge is 0.377 e. The van der Waals surface area contributed by atoms with Crippen molar-refractivity contribution < 1.29 is 4.74 Å². The SMILES string of the molecule is CNC(C#N)CN(C)CCOC(C)C. The van der Waals surface area contributed by atoms with E-state index in [2.05, 4.69) is 16.3 Å². The summed E-state index contributed by atoms with van der Waals surface area (Å²) in [6.45, 7) is 6.35. The average Bonchev–Trinajstić information content (AvgIpc) is 2.13. The molecule has 82 valence electrons. The number of nitrogens with one attached hydrogen (secondary N) is 1. The molecule has 0 fully saturated rings. The third-order valence-electron chi connectivity index (χ3n) is 1.92. The monoisotopic (exact) mass is 199 g/mol. The first-order valence-corrected chi connectivity index (χ1v) is 4.97. The second kappa shape index (κ2) is 7.74. The molecule has 1 N–H and O–H groups in total. The first-order valence-electron chi connectivity index (χ1n) is 4.97. The van der Waals surface area contributed by atoms with Gasteiger partial charge in [0.2, 0.25) is 0 Å². The quantitative estimate of drug-likeness (QED) is 0.647. The van der Waals surface area contributed by atoms with Crippen molar-refractivity contribution in [3.8, 4) is 6.07 Å². The Morgan fingerprint density at radius 1 is 1.50 bits per heavy atom. The minimum Gasteiger partial charge on any atom is -0.377 e. The Bertz CT molecular complexity index is 177. The van der Waals surface area contributed by atoms with Gasteiger partial charge in [-0.25, -0.2) is 0 Å². The minimum absolute atomic E-state index is 0.0981. The van der Waals surface area contributed by atoms with Gasteiger partial charge in [0.05, 0.1) is 18.8 Å². The van der Waals surface area contributed by atoms with Crippen molar-refractivity contribution in [1.29, 1.82) is 5.26 Å². The van der Waals surface area contributed by atoms with E-state index < -0.39 is 0 Å². The van der Waals surface area contributed by atoms with Gasteiger partial charge in [-0.05, 0) is 27.9 Å². The number of nitrogens with zero attached hydrogens (tertiary/aromatic N) is 2. The van der Waals surface area contributed by atoms with Gasteiger partial charge in [0, 0.05) is 13.1 Å². The van der Waals surface area contributed by atoms with Crippen LogP contribution in [0.5, 0.6) is 0 Å². The van der Waals surface area contributed by atoms with Gasteiger partial charge >= 0.3 is 0 Å². The molecule has 4 heteroatoms. The molecule has 0 spiro atoms. The molecule has 0 aromatic rings. The molecule has 0 aliphatic heterocycles. The fraction of sp³-hybridized carbons (Fsp3) is 0.900. The van der Waals surface area contributed by atoms with Crippen LogP contribution in [0.3, 0.4) is 0 Å². The topological polar surface area (TPSA) is 48.3 Å². The van der Waals surface area contributed by atoms with E-state index in [4.69, 9.17) is 10.00 Å². The van der Waals surface area contributed by atoms with Crippen LogP contribution < -0.4 is 5.32 Å². The lowest BCUT2D eigenvalue weighted by Crippen LogP contribution is -2.38. The summed E-state index contributed by atoms with van der Waals surface area (Å²) in [5.41, 5.74) is 0. The van der Waals surface area contributed by atoms with E-state index >= 15 is 0 Å². The van der Waals surface area contributed by atoms with Crippen LogP contribution >= 0.6 is 0 Å². The number of rotatable bonds is 7. The molecule has 4 nitrogen and oxygen atoms in total. The van der Waals surface area contributed by atoms with Crippen LogP contribution in [0, 0.1) is 11.3 Å². The molecule has 1 atom stereocenters. The minimum atomic E-state index is -0.0981. The van der Waals surface area contributed by atoms with Gasteiger partial charge in [-0.3, -0.25) is 0 Å². The molecule has 0 amide bonds. The molecule has 0 aromatic heterocycles. The van der Waals surface area contributed by atoms with E-state index in [1.54, 1.807) is 7.05 Å². The highest BCUT2D eigenvalue weighted by Gasteiger charge is 2.07. The zero-order valence-corrected chi connectivity index (χ0v) is 9.58. The van der Waals surface area contributed by atoms with Crippen LogP contribution in [0.1, 0.15) is 13.8 Å². The van der Waals surface area contributed by atoms with E-state index in [-0.39, 0.29) is 12.1 Å². The van der Waals surface area contributed by atoms with Crippen LogP contribution in [0.2, 0.25) is 0 Å². The molecule has 0 bridgehead atoms. The van der Waals surface area contributed by atoms with Gasteiger partial charge in [0.25, 0.3) is 0 Å². The standard InChI is InChI=1S/C10H21N3O/c1-9(2)14-6-5-13(4)8-10(7-11)12-3/h9-10,12H,5-6,8H2,1-4H3. The van der Waals surface area contributed by atoms with E-state index in [1.165, 1.54) is 0 Å². The van der Waals surface area contributed by atoms with Crippen LogP contribution in [-0.2, 0) is 4.74 Å². The molecule has 0 rings (SSSR count). The molecule has 0 heterocycles. The number of ether oxygens (including phenoxy) is 1. The highest BCUT2D eigenvalue weighted by atomic mass is 16.5. The molecule has 0 saturated carbocycles. The highest BCUT2D eigenvalue weighted by Crippen LogP contribution is 1.91. The summed E-state index contributed by atoms with van der Waals surface area (Å²) in [5.74, 6) is 0. The van der Waals surface area contributed by atoms with E-state index in [0.717, 1.165) is 19.7 Å².